The van der Waals surface area contributed by atoms with Gasteiger partial charge in [0.15, 0.2) is 0 Å². The number of nitrogens with one attached hydrogen (secondary N) is 1. The zero-order valence-corrected chi connectivity index (χ0v) is 14.2. The first-order chi connectivity index (χ1) is 12.2. The molecule has 4 aromatic rings. The van der Waals surface area contributed by atoms with E-state index in [4.69, 9.17) is 0 Å². The molecule has 0 saturated heterocycles. The van der Waals surface area contributed by atoms with Crippen LogP contribution in [0.1, 0.15) is 29.8 Å². The van der Waals surface area contributed by atoms with Crippen molar-refractivity contribution in [3.8, 4) is 0 Å². The summed E-state index contributed by atoms with van der Waals surface area (Å²) in [6.07, 6.45) is 5.47. The summed E-state index contributed by atoms with van der Waals surface area (Å²) >= 11 is 0. The van der Waals surface area contributed by atoms with E-state index in [2.05, 4.69) is 50.7 Å². The van der Waals surface area contributed by atoms with Gasteiger partial charge in [-0.25, -0.2) is 4.98 Å². The molecule has 7 nitrogen and oxygen atoms in total. The summed E-state index contributed by atoms with van der Waals surface area (Å²) in [4.78, 5) is 8.52. The normalized spacial score (nSPS) is 12.4. The summed E-state index contributed by atoms with van der Waals surface area (Å²) in [5.41, 5.74) is 3.24. The number of hydrogen-bond donors (Lipinski definition) is 1. The lowest BCUT2D eigenvalue weighted by molar-refractivity contribution is 0.685. The molecule has 1 N–H and O–H groups in total. The van der Waals surface area contributed by atoms with Crippen molar-refractivity contribution in [1.29, 1.82) is 0 Å². The quantitative estimate of drug-likeness (QED) is 0.608. The number of aryl methyl sites for hydroxylation is 1. The molecule has 0 bridgehead atoms. The fraction of sp³-hybridized carbons (Fsp3) is 0.222. The molecule has 0 aliphatic carbocycles. The van der Waals surface area contributed by atoms with E-state index in [0.29, 0.717) is 5.78 Å². The average Bonchev–Trinajstić information content (AvgIpc) is 3.25. The van der Waals surface area contributed by atoms with Crippen molar-refractivity contribution in [2.75, 3.05) is 5.32 Å². The molecule has 4 rings (SSSR count). The second-order valence-corrected chi connectivity index (χ2v) is 6.08. The fourth-order valence-electron chi connectivity index (χ4n) is 2.80. The molecule has 0 radical (unpaired) electrons. The topological polar surface area (TPSA) is 72.9 Å². The molecule has 1 atom stereocenters. The minimum Gasteiger partial charge on any atom is -0.363 e. The number of fused-ring (bicyclic) bond motifs is 1. The maximum absolute atomic E-state index is 4.47. The average molecular weight is 333 g/mol. The van der Waals surface area contributed by atoms with Crippen LogP contribution in [0, 0.1) is 6.92 Å². The van der Waals surface area contributed by atoms with Crippen LogP contribution in [0.4, 0.5) is 5.82 Å². The molecule has 1 aromatic carbocycles. The van der Waals surface area contributed by atoms with Crippen molar-refractivity contribution >= 4 is 11.6 Å². The van der Waals surface area contributed by atoms with Gasteiger partial charge in [0.25, 0.3) is 5.78 Å². The van der Waals surface area contributed by atoms with Gasteiger partial charge in [-0.1, -0.05) is 30.3 Å². The molecular weight excluding hydrogens is 314 g/mol. The number of nitrogens with zero attached hydrogens (tertiary/aromatic N) is 6. The van der Waals surface area contributed by atoms with Crippen LogP contribution in [0.25, 0.3) is 5.78 Å². The minimum absolute atomic E-state index is 0.0822. The van der Waals surface area contributed by atoms with Crippen molar-refractivity contribution in [2.24, 2.45) is 0 Å². The third-order valence-corrected chi connectivity index (χ3v) is 4.08. The van der Waals surface area contributed by atoms with E-state index in [0.717, 1.165) is 23.6 Å². The van der Waals surface area contributed by atoms with E-state index in [1.807, 2.05) is 42.1 Å². The lowest BCUT2D eigenvalue weighted by Crippen LogP contribution is -2.11. The van der Waals surface area contributed by atoms with Gasteiger partial charge in [0.05, 0.1) is 18.8 Å². The summed E-state index contributed by atoms with van der Waals surface area (Å²) in [7, 11) is 0. The summed E-state index contributed by atoms with van der Waals surface area (Å²) in [6.45, 7) is 4.81. The Morgan fingerprint density at radius 3 is 2.84 bits per heavy atom. The highest BCUT2D eigenvalue weighted by Crippen LogP contribution is 2.19. The molecule has 1 unspecified atom stereocenters. The Labute approximate surface area is 145 Å². The molecule has 0 aliphatic heterocycles. The smallest absolute Gasteiger partial charge is 0.254 e. The SMILES string of the molecule is Cc1cc(NC(C)c2cnn(Cc3ccccc3)c2)n2ncnc2n1. The molecule has 0 aliphatic rings. The van der Waals surface area contributed by atoms with Crippen LogP contribution in [-0.2, 0) is 6.54 Å². The Balaban J connectivity index is 1.53. The second-order valence-electron chi connectivity index (χ2n) is 6.08. The third-order valence-electron chi connectivity index (χ3n) is 4.08. The van der Waals surface area contributed by atoms with Crippen LogP contribution in [0.5, 0.6) is 0 Å². The van der Waals surface area contributed by atoms with Gasteiger partial charge in [-0.3, -0.25) is 4.68 Å². The molecule has 0 spiro atoms. The highest BCUT2D eigenvalue weighted by Gasteiger charge is 2.12. The molecule has 0 fully saturated rings. The molecule has 3 aromatic heterocycles. The van der Waals surface area contributed by atoms with Gasteiger partial charge in [0, 0.05) is 23.5 Å². The van der Waals surface area contributed by atoms with Crippen LogP contribution in [0.2, 0.25) is 0 Å². The van der Waals surface area contributed by atoms with E-state index in [9.17, 15) is 0 Å². The van der Waals surface area contributed by atoms with Crippen molar-refractivity contribution in [3.63, 3.8) is 0 Å². The summed E-state index contributed by atoms with van der Waals surface area (Å²) in [5.74, 6) is 1.46. The van der Waals surface area contributed by atoms with Gasteiger partial charge < -0.3 is 5.32 Å². The highest BCUT2D eigenvalue weighted by atomic mass is 15.4. The summed E-state index contributed by atoms with van der Waals surface area (Å²) in [5, 5.41) is 12.2. The third kappa shape index (κ3) is 3.21. The Hall–Kier alpha value is -3.22. The predicted molar refractivity (Wildman–Crippen MR) is 95.3 cm³/mol. The number of benzene rings is 1. The maximum Gasteiger partial charge on any atom is 0.254 e. The molecule has 25 heavy (non-hydrogen) atoms. The van der Waals surface area contributed by atoms with Crippen LogP contribution in [0.3, 0.4) is 0 Å². The van der Waals surface area contributed by atoms with E-state index in [-0.39, 0.29) is 6.04 Å². The van der Waals surface area contributed by atoms with Crippen molar-refractivity contribution in [3.05, 3.63) is 71.9 Å². The first-order valence-electron chi connectivity index (χ1n) is 8.19. The zero-order valence-electron chi connectivity index (χ0n) is 14.2. The van der Waals surface area contributed by atoms with Crippen LogP contribution < -0.4 is 5.32 Å². The van der Waals surface area contributed by atoms with Gasteiger partial charge in [-0.05, 0) is 19.4 Å². The predicted octanol–water partition coefficient (Wildman–Crippen LogP) is 2.85. The van der Waals surface area contributed by atoms with Crippen molar-refractivity contribution < 1.29 is 0 Å². The Morgan fingerprint density at radius 2 is 2.00 bits per heavy atom. The first-order valence-corrected chi connectivity index (χ1v) is 8.19. The van der Waals surface area contributed by atoms with Crippen LogP contribution >= 0.6 is 0 Å². The number of rotatable bonds is 5. The lowest BCUT2D eigenvalue weighted by atomic mass is 10.2. The Morgan fingerprint density at radius 1 is 1.16 bits per heavy atom. The van der Waals surface area contributed by atoms with E-state index >= 15 is 0 Å². The standard InChI is InChI=1S/C18H19N7/c1-13-8-17(25-18(22-13)19-12-21-25)23-14(2)16-9-20-24(11-16)10-15-6-4-3-5-7-15/h3-9,11-12,14,23H,10H2,1-2H3. The molecule has 0 saturated carbocycles. The second kappa shape index (κ2) is 6.35. The van der Waals surface area contributed by atoms with Crippen LogP contribution in [-0.4, -0.2) is 29.4 Å². The van der Waals surface area contributed by atoms with Crippen LogP contribution in [0.15, 0.2) is 55.1 Å². The van der Waals surface area contributed by atoms with E-state index in [1.165, 1.54) is 11.9 Å². The molecule has 126 valence electrons. The monoisotopic (exact) mass is 333 g/mol. The zero-order chi connectivity index (χ0) is 17.2. The van der Waals surface area contributed by atoms with E-state index in [1.54, 1.807) is 4.52 Å². The summed E-state index contributed by atoms with van der Waals surface area (Å²) in [6, 6.07) is 12.4. The molecule has 3 heterocycles. The largest absolute Gasteiger partial charge is 0.363 e. The first kappa shape index (κ1) is 15.3. The van der Waals surface area contributed by atoms with Crippen molar-refractivity contribution in [1.82, 2.24) is 29.4 Å². The number of aromatic nitrogens is 6. The Kier molecular flexibility index (Phi) is 3.89. The van der Waals surface area contributed by atoms with Gasteiger partial charge in [-0.15, -0.1) is 0 Å². The molecular formula is C18H19N7. The van der Waals surface area contributed by atoms with Crippen molar-refractivity contribution in [2.45, 2.75) is 26.4 Å². The molecule has 7 heteroatoms. The van der Waals surface area contributed by atoms with Gasteiger partial charge in [0.1, 0.15) is 12.1 Å². The van der Waals surface area contributed by atoms with Gasteiger partial charge in [0.2, 0.25) is 0 Å². The number of hydrogen-bond acceptors (Lipinski definition) is 5. The summed E-state index contributed by atoms with van der Waals surface area (Å²) < 4.78 is 3.66. The highest BCUT2D eigenvalue weighted by molar-refractivity contribution is 5.46. The maximum atomic E-state index is 4.47. The fourth-order valence-corrected chi connectivity index (χ4v) is 2.80. The van der Waals surface area contributed by atoms with Gasteiger partial charge in [-0.2, -0.15) is 19.7 Å². The Bertz CT molecular complexity index is 987. The minimum atomic E-state index is 0.0822. The van der Waals surface area contributed by atoms with E-state index < -0.39 is 0 Å². The number of anilines is 1. The van der Waals surface area contributed by atoms with Gasteiger partial charge >= 0.3 is 0 Å². The lowest BCUT2D eigenvalue weighted by Gasteiger charge is -2.14. The molecule has 0 amide bonds.